The van der Waals surface area contributed by atoms with Crippen LogP contribution in [0.5, 0.6) is 0 Å². The van der Waals surface area contributed by atoms with E-state index in [9.17, 15) is 5.11 Å². The Hall–Kier alpha value is -1.54. The number of hydrogen-bond acceptors (Lipinski definition) is 1. The minimum Gasteiger partial charge on any atom is -0.382 e. The second-order valence-electron chi connectivity index (χ2n) is 4.04. The molecule has 1 N–H and O–H groups in total. The highest BCUT2D eigenvalue weighted by Crippen LogP contribution is 2.22. The molecule has 0 saturated carbocycles. The molecule has 2 nitrogen and oxygen atoms in total. The van der Waals surface area contributed by atoms with Gasteiger partial charge in [-0.05, 0) is 29.7 Å². The van der Waals surface area contributed by atoms with Crippen LogP contribution in [-0.2, 0) is 13.5 Å². The van der Waals surface area contributed by atoms with Gasteiger partial charge in [0.15, 0.2) is 0 Å². The van der Waals surface area contributed by atoms with Gasteiger partial charge in [0.1, 0.15) is 6.10 Å². The van der Waals surface area contributed by atoms with Crippen LogP contribution in [-0.4, -0.2) is 9.67 Å². The summed E-state index contributed by atoms with van der Waals surface area (Å²) in [5.41, 5.74) is 3.16. The summed E-state index contributed by atoms with van der Waals surface area (Å²) in [5.74, 6) is 0. The topological polar surface area (TPSA) is 25.2 Å². The van der Waals surface area contributed by atoms with Crippen molar-refractivity contribution in [1.82, 2.24) is 4.57 Å². The summed E-state index contributed by atoms with van der Waals surface area (Å²) in [7, 11) is 1.94. The molecule has 0 unspecified atom stereocenters. The van der Waals surface area contributed by atoms with Gasteiger partial charge in [-0.25, -0.2) is 0 Å². The molecule has 0 bridgehead atoms. The summed E-state index contributed by atoms with van der Waals surface area (Å²) in [5, 5.41) is 10.2. The van der Waals surface area contributed by atoms with E-state index in [1.54, 1.807) is 0 Å². The van der Waals surface area contributed by atoms with Gasteiger partial charge in [0.05, 0.1) is 5.69 Å². The van der Waals surface area contributed by atoms with Crippen LogP contribution in [0.15, 0.2) is 42.6 Å². The fraction of sp³-hybridized carbons (Fsp3) is 0.286. The number of hydrogen-bond donors (Lipinski definition) is 1. The van der Waals surface area contributed by atoms with Gasteiger partial charge in [-0.3, -0.25) is 0 Å². The van der Waals surface area contributed by atoms with Crippen molar-refractivity contribution in [1.29, 1.82) is 0 Å². The lowest BCUT2D eigenvalue weighted by Gasteiger charge is -2.12. The Balaban J connectivity index is 2.27. The second-order valence-corrected chi connectivity index (χ2v) is 4.04. The van der Waals surface area contributed by atoms with Gasteiger partial charge in [0.2, 0.25) is 0 Å². The number of aliphatic hydroxyl groups excluding tert-OH is 1. The smallest absolute Gasteiger partial charge is 0.119 e. The summed E-state index contributed by atoms with van der Waals surface area (Å²) < 4.78 is 1.94. The SMILES string of the molecule is CCc1ccc([C@@H](O)c2cccn2C)cc1. The van der Waals surface area contributed by atoms with Crippen molar-refractivity contribution in [3.05, 3.63) is 59.4 Å². The lowest BCUT2D eigenvalue weighted by molar-refractivity contribution is 0.211. The molecule has 0 saturated heterocycles. The first-order chi connectivity index (χ1) is 7.72. The second kappa shape index (κ2) is 4.54. The van der Waals surface area contributed by atoms with E-state index in [4.69, 9.17) is 0 Å². The minimum atomic E-state index is -0.536. The predicted octanol–water partition coefficient (Wildman–Crippen LogP) is 2.67. The number of benzene rings is 1. The average molecular weight is 215 g/mol. The maximum Gasteiger partial charge on any atom is 0.119 e. The van der Waals surface area contributed by atoms with Crippen LogP contribution in [0.1, 0.15) is 29.8 Å². The van der Waals surface area contributed by atoms with Crippen LogP contribution in [0.2, 0.25) is 0 Å². The van der Waals surface area contributed by atoms with Crippen molar-refractivity contribution in [2.45, 2.75) is 19.4 Å². The van der Waals surface area contributed by atoms with Crippen molar-refractivity contribution in [3.8, 4) is 0 Å². The molecule has 0 aliphatic carbocycles. The number of aromatic nitrogens is 1. The monoisotopic (exact) mass is 215 g/mol. The number of nitrogens with zero attached hydrogens (tertiary/aromatic N) is 1. The molecule has 0 amide bonds. The normalized spacial score (nSPS) is 12.7. The maximum atomic E-state index is 10.2. The molecule has 2 rings (SSSR count). The summed E-state index contributed by atoms with van der Waals surface area (Å²) in [6.45, 7) is 2.13. The molecule has 2 heteroatoms. The molecule has 1 heterocycles. The molecule has 0 fully saturated rings. The van der Waals surface area contributed by atoms with E-state index < -0.39 is 6.10 Å². The molecule has 2 aromatic rings. The predicted molar refractivity (Wildman–Crippen MR) is 65.3 cm³/mol. The highest BCUT2D eigenvalue weighted by molar-refractivity contribution is 5.29. The molecule has 84 valence electrons. The van der Waals surface area contributed by atoms with Crippen molar-refractivity contribution in [2.24, 2.45) is 7.05 Å². The van der Waals surface area contributed by atoms with Crippen LogP contribution in [0.4, 0.5) is 0 Å². The van der Waals surface area contributed by atoms with Gasteiger partial charge >= 0.3 is 0 Å². The van der Waals surface area contributed by atoms with Gasteiger partial charge in [-0.15, -0.1) is 0 Å². The van der Waals surface area contributed by atoms with Crippen LogP contribution < -0.4 is 0 Å². The van der Waals surface area contributed by atoms with Crippen molar-refractivity contribution in [3.63, 3.8) is 0 Å². The van der Waals surface area contributed by atoms with Gasteiger partial charge in [-0.2, -0.15) is 0 Å². The lowest BCUT2D eigenvalue weighted by Crippen LogP contribution is -2.04. The summed E-state index contributed by atoms with van der Waals surface area (Å²) in [6, 6.07) is 12.0. The van der Waals surface area contributed by atoms with E-state index in [1.807, 2.05) is 42.1 Å². The quantitative estimate of drug-likeness (QED) is 0.836. The molecule has 1 atom stereocenters. The fourth-order valence-corrected chi connectivity index (χ4v) is 1.86. The first-order valence-electron chi connectivity index (χ1n) is 5.60. The number of rotatable bonds is 3. The van der Waals surface area contributed by atoms with E-state index in [2.05, 4.69) is 19.1 Å². The molecule has 0 aliphatic heterocycles. The molecule has 1 aromatic heterocycles. The standard InChI is InChI=1S/C14H17NO/c1-3-11-6-8-12(9-7-11)14(16)13-5-4-10-15(13)2/h4-10,14,16H,3H2,1-2H3/t14-/m1/s1. The Morgan fingerprint density at radius 3 is 2.38 bits per heavy atom. The molecular weight excluding hydrogens is 198 g/mol. The molecule has 0 aliphatic rings. The van der Waals surface area contributed by atoms with Crippen LogP contribution in [0.25, 0.3) is 0 Å². The number of aryl methyl sites for hydroxylation is 2. The zero-order valence-corrected chi connectivity index (χ0v) is 9.72. The first-order valence-corrected chi connectivity index (χ1v) is 5.60. The van der Waals surface area contributed by atoms with Gasteiger partial charge < -0.3 is 9.67 Å². The molecule has 1 aromatic carbocycles. The zero-order chi connectivity index (χ0) is 11.5. The van der Waals surface area contributed by atoms with Crippen molar-refractivity contribution in [2.75, 3.05) is 0 Å². The molecular formula is C14H17NO. The summed E-state index contributed by atoms with van der Waals surface area (Å²) >= 11 is 0. The largest absolute Gasteiger partial charge is 0.382 e. The highest BCUT2D eigenvalue weighted by atomic mass is 16.3. The number of aliphatic hydroxyl groups is 1. The average Bonchev–Trinajstić information content (AvgIpc) is 2.75. The third-order valence-electron chi connectivity index (χ3n) is 2.97. The van der Waals surface area contributed by atoms with E-state index >= 15 is 0 Å². The molecule has 16 heavy (non-hydrogen) atoms. The van der Waals surface area contributed by atoms with Crippen LogP contribution >= 0.6 is 0 Å². The van der Waals surface area contributed by atoms with E-state index in [0.29, 0.717) is 0 Å². The third-order valence-corrected chi connectivity index (χ3v) is 2.97. The Morgan fingerprint density at radius 1 is 1.19 bits per heavy atom. The zero-order valence-electron chi connectivity index (χ0n) is 9.72. The van der Waals surface area contributed by atoms with Gasteiger partial charge in [-0.1, -0.05) is 31.2 Å². The fourth-order valence-electron chi connectivity index (χ4n) is 1.86. The summed E-state index contributed by atoms with van der Waals surface area (Å²) in [4.78, 5) is 0. The highest BCUT2D eigenvalue weighted by Gasteiger charge is 2.12. The lowest BCUT2D eigenvalue weighted by atomic mass is 10.0. The Bertz CT molecular complexity index is 456. The Kier molecular flexibility index (Phi) is 3.11. The third kappa shape index (κ3) is 2.02. The van der Waals surface area contributed by atoms with Crippen LogP contribution in [0.3, 0.4) is 0 Å². The minimum absolute atomic E-state index is 0.536. The maximum absolute atomic E-state index is 10.2. The van der Waals surface area contributed by atoms with Crippen molar-refractivity contribution < 1.29 is 5.11 Å². The van der Waals surface area contributed by atoms with Crippen LogP contribution in [0, 0.1) is 0 Å². The van der Waals surface area contributed by atoms with Crippen molar-refractivity contribution >= 4 is 0 Å². The van der Waals surface area contributed by atoms with E-state index in [1.165, 1.54) is 5.56 Å². The molecule has 0 spiro atoms. The van der Waals surface area contributed by atoms with Gasteiger partial charge in [0.25, 0.3) is 0 Å². The summed E-state index contributed by atoms with van der Waals surface area (Å²) in [6.07, 6.45) is 2.44. The van der Waals surface area contributed by atoms with E-state index in [-0.39, 0.29) is 0 Å². The molecule has 0 radical (unpaired) electrons. The first kappa shape index (κ1) is 11.0. The Morgan fingerprint density at radius 2 is 1.88 bits per heavy atom. The van der Waals surface area contributed by atoms with E-state index in [0.717, 1.165) is 17.7 Å². The van der Waals surface area contributed by atoms with Gasteiger partial charge in [0, 0.05) is 13.2 Å². The Labute approximate surface area is 96.2 Å².